The Bertz CT molecular complexity index is 1060. The van der Waals surface area contributed by atoms with Gasteiger partial charge in [0.2, 0.25) is 0 Å². The molecule has 28 heavy (non-hydrogen) atoms. The van der Waals surface area contributed by atoms with E-state index in [4.69, 9.17) is 14.2 Å². The largest absolute Gasteiger partial charge is 0.493 e. The molecule has 0 spiro atoms. The molecule has 0 bridgehead atoms. The van der Waals surface area contributed by atoms with E-state index >= 15 is 0 Å². The number of rotatable bonds is 7. The van der Waals surface area contributed by atoms with Gasteiger partial charge in [0, 0.05) is 10.9 Å². The molecule has 0 aliphatic heterocycles. The summed E-state index contributed by atoms with van der Waals surface area (Å²) in [5.41, 5.74) is 1.27. The third-order valence-electron chi connectivity index (χ3n) is 4.46. The predicted octanol–water partition coefficient (Wildman–Crippen LogP) is 3.48. The second-order valence-corrected chi connectivity index (χ2v) is 7.14. The van der Waals surface area contributed by atoms with Crippen LogP contribution < -0.4 is 15.0 Å². The van der Waals surface area contributed by atoms with E-state index in [2.05, 4.69) is 4.98 Å². The smallest absolute Gasteiger partial charge is 0.326 e. The van der Waals surface area contributed by atoms with Crippen LogP contribution in [0, 0.1) is 0 Å². The lowest BCUT2D eigenvalue weighted by Gasteiger charge is -2.12. The van der Waals surface area contributed by atoms with E-state index < -0.39 is 5.97 Å². The Morgan fingerprint density at radius 2 is 2.00 bits per heavy atom. The summed E-state index contributed by atoms with van der Waals surface area (Å²) in [4.78, 5) is 30.0. The van der Waals surface area contributed by atoms with Gasteiger partial charge in [-0.05, 0) is 31.0 Å². The first-order valence-corrected chi connectivity index (χ1v) is 9.75. The summed E-state index contributed by atoms with van der Waals surface area (Å²) in [5.74, 6) is 0.718. The van der Waals surface area contributed by atoms with Gasteiger partial charge in [0.15, 0.2) is 11.5 Å². The quantitative estimate of drug-likeness (QED) is 0.563. The SMILES string of the molecule is CC[C@H](C)OC(=O)Cn1cnc2scc(-c3ccc(OC)c(OC)c3)c2c1=O. The number of thiophene rings is 1. The lowest BCUT2D eigenvalue weighted by atomic mass is 10.1. The van der Waals surface area contributed by atoms with Crippen LogP contribution in [-0.2, 0) is 16.1 Å². The Morgan fingerprint density at radius 1 is 1.25 bits per heavy atom. The zero-order chi connectivity index (χ0) is 20.3. The van der Waals surface area contributed by atoms with E-state index in [0.717, 1.165) is 11.1 Å². The number of aromatic nitrogens is 2. The molecule has 0 radical (unpaired) electrons. The molecule has 0 fully saturated rings. The molecule has 2 aromatic heterocycles. The second kappa shape index (κ2) is 8.43. The van der Waals surface area contributed by atoms with Crippen LogP contribution in [0.4, 0.5) is 0 Å². The van der Waals surface area contributed by atoms with Gasteiger partial charge >= 0.3 is 5.97 Å². The highest BCUT2D eigenvalue weighted by Crippen LogP contribution is 2.36. The number of benzene rings is 1. The number of hydrogen-bond acceptors (Lipinski definition) is 7. The molecule has 0 N–H and O–H groups in total. The fraction of sp³-hybridized carbons (Fsp3) is 0.350. The van der Waals surface area contributed by atoms with Gasteiger partial charge in [0.1, 0.15) is 11.4 Å². The number of fused-ring (bicyclic) bond motifs is 1. The Morgan fingerprint density at radius 3 is 2.68 bits per heavy atom. The van der Waals surface area contributed by atoms with Crippen LogP contribution in [0.1, 0.15) is 20.3 Å². The van der Waals surface area contributed by atoms with Crippen molar-refractivity contribution in [3.8, 4) is 22.6 Å². The van der Waals surface area contributed by atoms with E-state index in [1.165, 1.54) is 22.2 Å². The van der Waals surface area contributed by atoms with Crippen molar-refractivity contribution >= 4 is 27.5 Å². The van der Waals surface area contributed by atoms with Crippen LogP contribution in [0.25, 0.3) is 21.3 Å². The summed E-state index contributed by atoms with van der Waals surface area (Å²) in [7, 11) is 3.13. The molecular weight excluding hydrogens is 380 g/mol. The number of ether oxygens (including phenoxy) is 3. The summed E-state index contributed by atoms with van der Waals surface area (Å²) < 4.78 is 17.2. The van der Waals surface area contributed by atoms with Crippen molar-refractivity contribution in [1.29, 1.82) is 0 Å². The lowest BCUT2D eigenvalue weighted by molar-refractivity contribution is -0.149. The molecule has 0 saturated carbocycles. The van der Waals surface area contributed by atoms with Gasteiger partial charge < -0.3 is 14.2 Å². The number of carbonyl (C=O) groups is 1. The average Bonchev–Trinajstić information content (AvgIpc) is 3.14. The highest BCUT2D eigenvalue weighted by Gasteiger charge is 2.17. The fourth-order valence-electron chi connectivity index (χ4n) is 2.78. The molecule has 0 aliphatic rings. The maximum atomic E-state index is 13.0. The van der Waals surface area contributed by atoms with Crippen LogP contribution >= 0.6 is 11.3 Å². The maximum absolute atomic E-state index is 13.0. The number of nitrogens with zero attached hydrogens (tertiary/aromatic N) is 2. The Hall–Kier alpha value is -2.87. The lowest BCUT2D eigenvalue weighted by Crippen LogP contribution is -2.27. The van der Waals surface area contributed by atoms with Gasteiger partial charge in [0.05, 0.1) is 32.0 Å². The van der Waals surface area contributed by atoms with E-state index in [-0.39, 0.29) is 18.2 Å². The van der Waals surface area contributed by atoms with Crippen LogP contribution in [-0.4, -0.2) is 35.8 Å². The standard InChI is InChI=1S/C20H22N2O5S/c1-5-12(2)27-17(23)9-22-11-21-19-18(20(22)24)14(10-28-19)13-6-7-15(25-3)16(8-13)26-4/h6-8,10-12H,5,9H2,1-4H3/t12-/m0/s1. The van der Waals surface area contributed by atoms with Crippen molar-refractivity contribution in [3.63, 3.8) is 0 Å². The molecule has 1 atom stereocenters. The van der Waals surface area contributed by atoms with Gasteiger partial charge in [-0.1, -0.05) is 13.0 Å². The Kier molecular flexibility index (Phi) is 5.99. The minimum absolute atomic E-state index is 0.173. The van der Waals surface area contributed by atoms with E-state index in [0.29, 0.717) is 28.1 Å². The molecule has 1 aromatic carbocycles. The highest BCUT2D eigenvalue weighted by atomic mass is 32.1. The summed E-state index contributed by atoms with van der Waals surface area (Å²) in [6, 6.07) is 5.46. The van der Waals surface area contributed by atoms with Gasteiger partial charge in [-0.25, -0.2) is 4.98 Å². The van der Waals surface area contributed by atoms with E-state index in [9.17, 15) is 9.59 Å². The minimum Gasteiger partial charge on any atom is -0.493 e. The summed E-state index contributed by atoms with van der Waals surface area (Å²) >= 11 is 1.38. The Labute approximate surface area is 166 Å². The van der Waals surface area contributed by atoms with Crippen molar-refractivity contribution in [3.05, 3.63) is 40.3 Å². The first kappa shape index (κ1) is 19.9. The number of hydrogen-bond donors (Lipinski definition) is 0. The molecule has 0 saturated heterocycles. The second-order valence-electron chi connectivity index (χ2n) is 6.29. The van der Waals surface area contributed by atoms with Gasteiger partial charge in [-0.3, -0.25) is 14.2 Å². The van der Waals surface area contributed by atoms with Gasteiger partial charge in [-0.2, -0.15) is 0 Å². The monoisotopic (exact) mass is 402 g/mol. The predicted molar refractivity (Wildman–Crippen MR) is 108 cm³/mol. The third kappa shape index (κ3) is 3.87. The van der Waals surface area contributed by atoms with Crippen molar-refractivity contribution < 1.29 is 19.0 Å². The highest BCUT2D eigenvalue weighted by molar-refractivity contribution is 7.17. The Balaban J connectivity index is 2.02. The van der Waals surface area contributed by atoms with Crippen LogP contribution in [0.2, 0.25) is 0 Å². The molecule has 0 aliphatic carbocycles. The van der Waals surface area contributed by atoms with Gasteiger partial charge in [0.25, 0.3) is 5.56 Å². The zero-order valence-electron chi connectivity index (χ0n) is 16.2. The molecule has 2 heterocycles. The first-order valence-electron chi connectivity index (χ1n) is 8.87. The van der Waals surface area contributed by atoms with Crippen molar-refractivity contribution in [2.45, 2.75) is 32.9 Å². The van der Waals surface area contributed by atoms with Crippen molar-refractivity contribution in [2.75, 3.05) is 14.2 Å². The fourth-order valence-corrected chi connectivity index (χ4v) is 3.69. The van der Waals surface area contributed by atoms with Gasteiger partial charge in [-0.15, -0.1) is 11.3 Å². The van der Waals surface area contributed by atoms with Crippen LogP contribution in [0.15, 0.2) is 34.7 Å². The van der Waals surface area contributed by atoms with Crippen LogP contribution in [0.5, 0.6) is 11.5 Å². The molecule has 3 aromatic rings. The average molecular weight is 402 g/mol. The van der Waals surface area contributed by atoms with Crippen LogP contribution in [0.3, 0.4) is 0 Å². The molecule has 7 nitrogen and oxygen atoms in total. The molecule has 3 rings (SSSR count). The van der Waals surface area contributed by atoms with E-state index in [1.807, 2.05) is 31.4 Å². The number of methoxy groups -OCH3 is 2. The third-order valence-corrected chi connectivity index (χ3v) is 5.35. The molecule has 8 heteroatoms. The zero-order valence-corrected chi connectivity index (χ0v) is 17.0. The summed E-state index contributed by atoms with van der Waals surface area (Å²) in [5, 5.41) is 2.35. The molecule has 0 unspecified atom stereocenters. The summed E-state index contributed by atoms with van der Waals surface area (Å²) in [6.45, 7) is 3.57. The summed E-state index contributed by atoms with van der Waals surface area (Å²) in [6.07, 6.45) is 1.91. The molecule has 148 valence electrons. The minimum atomic E-state index is -0.458. The number of carbonyl (C=O) groups excluding carboxylic acids is 1. The number of esters is 1. The molecular formula is C20H22N2O5S. The molecule has 0 amide bonds. The maximum Gasteiger partial charge on any atom is 0.326 e. The first-order chi connectivity index (χ1) is 13.5. The van der Waals surface area contributed by atoms with E-state index in [1.54, 1.807) is 20.3 Å². The van der Waals surface area contributed by atoms with Crippen molar-refractivity contribution in [1.82, 2.24) is 9.55 Å². The topological polar surface area (TPSA) is 79.7 Å². The normalized spacial score (nSPS) is 12.0. The van der Waals surface area contributed by atoms with Crippen molar-refractivity contribution in [2.24, 2.45) is 0 Å².